The summed E-state index contributed by atoms with van der Waals surface area (Å²) >= 11 is 0. The maximum atomic E-state index is 11.6. The molecule has 17 heavy (non-hydrogen) atoms. The summed E-state index contributed by atoms with van der Waals surface area (Å²) in [5, 5.41) is 3.14. The average Bonchev–Trinajstić information content (AvgIpc) is 2.33. The normalized spacial score (nSPS) is 14.7. The highest BCUT2D eigenvalue weighted by atomic mass is 16.5. The standard InChI is InChI=1S/C12H26N2O3/c1-6-13-11(12(15)17-5)8-14(7-2)10(3)9-16-4/h10-11,13H,6-9H2,1-5H3. The zero-order chi connectivity index (χ0) is 13.3. The minimum absolute atomic E-state index is 0.213. The average molecular weight is 246 g/mol. The first-order valence-electron chi connectivity index (χ1n) is 6.14. The second-order valence-corrected chi connectivity index (χ2v) is 4.03. The van der Waals surface area contributed by atoms with E-state index in [4.69, 9.17) is 9.47 Å². The Hall–Kier alpha value is -0.650. The number of likely N-dealkylation sites (N-methyl/N-ethyl adjacent to an activating group) is 2. The number of hydrogen-bond donors (Lipinski definition) is 1. The summed E-state index contributed by atoms with van der Waals surface area (Å²) in [6.07, 6.45) is 0. The molecule has 0 aliphatic heterocycles. The Morgan fingerprint density at radius 3 is 2.41 bits per heavy atom. The molecule has 0 aromatic carbocycles. The fraction of sp³-hybridized carbons (Fsp3) is 0.917. The molecule has 0 aliphatic carbocycles. The van der Waals surface area contributed by atoms with Crippen LogP contribution >= 0.6 is 0 Å². The van der Waals surface area contributed by atoms with E-state index in [-0.39, 0.29) is 18.1 Å². The van der Waals surface area contributed by atoms with Gasteiger partial charge in [-0.25, -0.2) is 0 Å². The van der Waals surface area contributed by atoms with Crippen molar-refractivity contribution in [1.82, 2.24) is 10.2 Å². The molecule has 0 heterocycles. The molecule has 0 rings (SSSR count). The van der Waals surface area contributed by atoms with Crippen LogP contribution in [0.3, 0.4) is 0 Å². The first-order valence-corrected chi connectivity index (χ1v) is 6.14. The molecule has 0 saturated carbocycles. The number of rotatable bonds is 9. The van der Waals surface area contributed by atoms with Gasteiger partial charge in [0, 0.05) is 19.7 Å². The van der Waals surface area contributed by atoms with Crippen molar-refractivity contribution in [2.24, 2.45) is 0 Å². The zero-order valence-corrected chi connectivity index (χ0v) is 11.7. The Morgan fingerprint density at radius 1 is 1.35 bits per heavy atom. The van der Waals surface area contributed by atoms with Crippen molar-refractivity contribution in [3.63, 3.8) is 0 Å². The van der Waals surface area contributed by atoms with Crippen molar-refractivity contribution in [1.29, 1.82) is 0 Å². The van der Waals surface area contributed by atoms with E-state index in [2.05, 4.69) is 24.1 Å². The molecule has 102 valence electrons. The maximum Gasteiger partial charge on any atom is 0.324 e. The lowest BCUT2D eigenvalue weighted by atomic mass is 10.2. The summed E-state index contributed by atoms with van der Waals surface area (Å²) in [6.45, 7) is 9.07. The van der Waals surface area contributed by atoms with E-state index in [1.54, 1.807) is 7.11 Å². The summed E-state index contributed by atoms with van der Waals surface area (Å²) in [5.74, 6) is -0.213. The van der Waals surface area contributed by atoms with Gasteiger partial charge in [-0.2, -0.15) is 0 Å². The summed E-state index contributed by atoms with van der Waals surface area (Å²) < 4.78 is 9.93. The van der Waals surface area contributed by atoms with Crippen LogP contribution in [-0.4, -0.2) is 63.4 Å². The molecule has 0 bridgehead atoms. The van der Waals surface area contributed by atoms with E-state index in [9.17, 15) is 4.79 Å². The lowest BCUT2D eigenvalue weighted by Gasteiger charge is -2.30. The molecular weight excluding hydrogens is 220 g/mol. The summed E-state index contributed by atoms with van der Waals surface area (Å²) in [4.78, 5) is 13.8. The van der Waals surface area contributed by atoms with Gasteiger partial charge in [-0.05, 0) is 20.0 Å². The van der Waals surface area contributed by atoms with Gasteiger partial charge in [0.05, 0.1) is 13.7 Å². The smallest absolute Gasteiger partial charge is 0.324 e. The number of nitrogens with zero attached hydrogens (tertiary/aromatic N) is 1. The minimum Gasteiger partial charge on any atom is -0.468 e. The predicted octanol–water partition coefficient (Wildman–Crippen LogP) is 0.494. The first-order chi connectivity index (χ1) is 8.10. The monoisotopic (exact) mass is 246 g/mol. The van der Waals surface area contributed by atoms with Gasteiger partial charge in [-0.3, -0.25) is 9.69 Å². The van der Waals surface area contributed by atoms with Crippen LogP contribution in [0.1, 0.15) is 20.8 Å². The van der Waals surface area contributed by atoms with Crippen LogP contribution < -0.4 is 5.32 Å². The van der Waals surface area contributed by atoms with Gasteiger partial charge in [-0.15, -0.1) is 0 Å². The molecule has 0 fully saturated rings. The Labute approximate surface area is 104 Å². The van der Waals surface area contributed by atoms with Crippen molar-refractivity contribution in [2.45, 2.75) is 32.9 Å². The van der Waals surface area contributed by atoms with Crippen molar-refractivity contribution >= 4 is 5.97 Å². The molecule has 0 spiro atoms. The Bertz CT molecular complexity index is 212. The summed E-state index contributed by atoms with van der Waals surface area (Å²) in [6, 6.07) is 0.0140. The van der Waals surface area contributed by atoms with Gasteiger partial charge in [0.25, 0.3) is 0 Å². The molecule has 1 N–H and O–H groups in total. The third-order valence-corrected chi connectivity index (χ3v) is 2.79. The van der Waals surface area contributed by atoms with Crippen LogP contribution in [0.5, 0.6) is 0 Å². The van der Waals surface area contributed by atoms with Crippen LogP contribution in [0.4, 0.5) is 0 Å². The van der Waals surface area contributed by atoms with Crippen LogP contribution in [0.2, 0.25) is 0 Å². The maximum absolute atomic E-state index is 11.6. The number of methoxy groups -OCH3 is 2. The number of hydrogen-bond acceptors (Lipinski definition) is 5. The molecule has 0 saturated heterocycles. The van der Waals surface area contributed by atoms with Crippen molar-refractivity contribution in [2.75, 3.05) is 40.5 Å². The van der Waals surface area contributed by atoms with Gasteiger partial charge < -0.3 is 14.8 Å². The molecule has 0 aliphatic rings. The molecule has 0 radical (unpaired) electrons. The molecule has 0 aromatic rings. The van der Waals surface area contributed by atoms with Crippen LogP contribution in [0, 0.1) is 0 Å². The largest absolute Gasteiger partial charge is 0.468 e. The molecule has 0 aromatic heterocycles. The zero-order valence-electron chi connectivity index (χ0n) is 11.7. The second kappa shape index (κ2) is 9.39. The fourth-order valence-electron chi connectivity index (χ4n) is 1.81. The van der Waals surface area contributed by atoms with Gasteiger partial charge >= 0.3 is 5.97 Å². The van der Waals surface area contributed by atoms with Crippen LogP contribution in [0.25, 0.3) is 0 Å². The molecule has 2 unspecified atom stereocenters. The number of carbonyl (C=O) groups excluding carboxylic acids is 1. The lowest BCUT2D eigenvalue weighted by Crippen LogP contribution is -2.49. The third kappa shape index (κ3) is 6.00. The van der Waals surface area contributed by atoms with Gasteiger partial charge in [0.15, 0.2) is 0 Å². The van der Waals surface area contributed by atoms with Crippen molar-refractivity contribution in [3.8, 4) is 0 Å². The number of esters is 1. The van der Waals surface area contributed by atoms with E-state index < -0.39 is 0 Å². The summed E-state index contributed by atoms with van der Waals surface area (Å²) in [7, 11) is 3.11. The Balaban J connectivity index is 4.41. The van der Waals surface area contributed by atoms with Crippen LogP contribution in [0.15, 0.2) is 0 Å². The van der Waals surface area contributed by atoms with E-state index in [0.717, 1.165) is 13.1 Å². The number of carbonyl (C=O) groups is 1. The fourth-order valence-corrected chi connectivity index (χ4v) is 1.81. The SMILES string of the molecule is CCNC(CN(CC)C(C)COC)C(=O)OC. The highest BCUT2D eigenvalue weighted by Gasteiger charge is 2.23. The topological polar surface area (TPSA) is 50.8 Å². The molecule has 0 amide bonds. The summed E-state index contributed by atoms with van der Waals surface area (Å²) in [5.41, 5.74) is 0. The lowest BCUT2D eigenvalue weighted by molar-refractivity contribution is -0.143. The minimum atomic E-state index is -0.274. The number of ether oxygens (including phenoxy) is 2. The van der Waals surface area contributed by atoms with E-state index >= 15 is 0 Å². The van der Waals surface area contributed by atoms with E-state index in [0.29, 0.717) is 13.2 Å². The molecule has 5 heteroatoms. The molecule has 2 atom stereocenters. The number of nitrogens with one attached hydrogen (secondary N) is 1. The van der Waals surface area contributed by atoms with Crippen molar-refractivity contribution in [3.05, 3.63) is 0 Å². The molecule has 5 nitrogen and oxygen atoms in total. The van der Waals surface area contributed by atoms with Gasteiger partial charge in [-0.1, -0.05) is 13.8 Å². The Morgan fingerprint density at radius 2 is 2.00 bits per heavy atom. The Kier molecular flexibility index (Phi) is 9.03. The molecular formula is C12H26N2O3. The van der Waals surface area contributed by atoms with Gasteiger partial charge in [0.2, 0.25) is 0 Å². The predicted molar refractivity (Wildman–Crippen MR) is 68.1 cm³/mol. The van der Waals surface area contributed by atoms with Crippen molar-refractivity contribution < 1.29 is 14.3 Å². The van der Waals surface area contributed by atoms with E-state index in [1.165, 1.54) is 7.11 Å². The first kappa shape index (κ1) is 16.4. The quantitative estimate of drug-likeness (QED) is 0.600. The third-order valence-electron chi connectivity index (χ3n) is 2.79. The highest BCUT2D eigenvalue weighted by molar-refractivity contribution is 5.75. The highest BCUT2D eigenvalue weighted by Crippen LogP contribution is 2.02. The van der Waals surface area contributed by atoms with E-state index in [1.807, 2.05) is 6.92 Å². The second-order valence-electron chi connectivity index (χ2n) is 4.03. The van der Waals surface area contributed by atoms with Crippen LogP contribution in [-0.2, 0) is 14.3 Å². The van der Waals surface area contributed by atoms with Gasteiger partial charge in [0.1, 0.15) is 6.04 Å².